The quantitative estimate of drug-likeness (QED) is 0.280. The smallest absolute Gasteiger partial charge is 0.234 e. The number of rotatable bonds is 11. The number of para-hydroxylation sites is 1. The second-order valence-electron chi connectivity index (χ2n) is 7.50. The van der Waals surface area contributed by atoms with E-state index in [1.807, 2.05) is 28.8 Å². The summed E-state index contributed by atoms with van der Waals surface area (Å²) in [5, 5.41) is 12.3. The molecule has 32 heavy (non-hydrogen) atoms. The van der Waals surface area contributed by atoms with Gasteiger partial charge in [0.05, 0.1) is 11.5 Å². The van der Waals surface area contributed by atoms with Gasteiger partial charge in [-0.25, -0.2) is 4.39 Å². The number of anilines is 1. The van der Waals surface area contributed by atoms with Gasteiger partial charge < -0.3 is 9.88 Å². The number of carbonyl (C=O) groups is 1. The largest absolute Gasteiger partial charge is 0.325 e. The Labute approximate surface area is 196 Å². The van der Waals surface area contributed by atoms with E-state index in [2.05, 4.69) is 35.9 Å². The van der Waals surface area contributed by atoms with Crippen molar-refractivity contribution in [1.29, 1.82) is 0 Å². The van der Waals surface area contributed by atoms with E-state index < -0.39 is 0 Å². The van der Waals surface area contributed by atoms with Crippen molar-refractivity contribution >= 4 is 35.1 Å². The zero-order chi connectivity index (χ0) is 22.9. The van der Waals surface area contributed by atoms with Crippen LogP contribution < -0.4 is 5.32 Å². The highest BCUT2D eigenvalue weighted by atomic mass is 32.2. The van der Waals surface area contributed by atoms with Crippen LogP contribution in [0.25, 0.3) is 0 Å². The Hall–Kier alpha value is -2.58. The zero-order valence-corrected chi connectivity index (χ0v) is 19.9. The molecular formula is C24H27FN4OS2. The molecule has 1 aromatic heterocycles. The summed E-state index contributed by atoms with van der Waals surface area (Å²) in [5.41, 5.74) is 3.01. The lowest BCUT2D eigenvalue weighted by molar-refractivity contribution is -0.113. The topological polar surface area (TPSA) is 59.8 Å². The van der Waals surface area contributed by atoms with E-state index in [1.165, 1.54) is 23.9 Å². The molecule has 0 atom stereocenters. The number of hydrogen-bond acceptors (Lipinski definition) is 5. The van der Waals surface area contributed by atoms with Crippen molar-refractivity contribution in [2.45, 2.75) is 43.0 Å². The van der Waals surface area contributed by atoms with E-state index in [4.69, 9.17) is 0 Å². The SMILES string of the molecule is C=CCn1c(CSCc2ccc(F)cc2)nnc1SCC(=O)Nc1ccccc1C(C)C. The van der Waals surface area contributed by atoms with Crippen LogP contribution in [-0.2, 0) is 22.8 Å². The summed E-state index contributed by atoms with van der Waals surface area (Å²) in [7, 11) is 0. The summed E-state index contributed by atoms with van der Waals surface area (Å²) in [5.74, 6) is 2.49. The molecule has 168 valence electrons. The van der Waals surface area contributed by atoms with E-state index >= 15 is 0 Å². The minimum Gasteiger partial charge on any atom is -0.325 e. The molecule has 0 radical (unpaired) electrons. The van der Waals surface area contributed by atoms with Gasteiger partial charge in [0.2, 0.25) is 5.91 Å². The molecule has 1 heterocycles. The molecule has 3 aromatic rings. The number of benzene rings is 2. The van der Waals surface area contributed by atoms with E-state index in [9.17, 15) is 9.18 Å². The molecule has 0 aliphatic heterocycles. The van der Waals surface area contributed by atoms with Crippen LogP contribution in [-0.4, -0.2) is 26.4 Å². The number of aromatic nitrogens is 3. The monoisotopic (exact) mass is 470 g/mol. The average Bonchev–Trinajstić information content (AvgIpc) is 3.16. The van der Waals surface area contributed by atoms with Crippen molar-refractivity contribution in [1.82, 2.24) is 14.8 Å². The third-order valence-electron chi connectivity index (χ3n) is 4.71. The Kier molecular flexibility index (Phi) is 8.93. The van der Waals surface area contributed by atoms with Gasteiger partial charge in [-0.2, -0.15) is 0 Å². The molecule has 0 saturated heterocycles. The molecule has 8 heteroatoms. The van der Waals surface area contributed by atoms with Crippen LogP contribution in [0.5, 0.6) is 0 Å². The Morgan fingerprint density at radius 3 is 2.62 bits per heavy atom. The number of halogens is 1. The fraction of sp³-hybridized carbons (Fsp3) is 0.292. The minimum absolute atomic E-state index is 0.0801. The third-order valence-corrected chi connectivity index (χ3v) is 6.67. The molecule has 2 aromatic carbocycles. The summed E-state index contributed by atoms with van der Waals surface area (Å²) in [6.07, 6.45) is 1.79. The van der Waals surface area contributed by atoms with Crippen LogP contribution in [0, 0.1) is 5.82 Å². The van der Waals surface area contributed by atoms with Gasteiger partial charge in [-0.15, -0.1) is 28.5 Å². The Balaban J connectivity index is 1.58. The van der Waals surface area contributed by atoms with Crippen molar-refractivity contribution in [2.24, 2.45) is 0 Å². The van der Waals surface area contributed by atoms with Crippen LogP contribution in [0.15, 0.2) is 66.3 Å². The van der Waals surface area contributed by atoms with Crippen LogP contribution in [0.4, 0.5) is 10.1 Å². The second-order valence-corrected chi connectivity index (χ2v) is 9.42. The summed E-state index contributed by atoms with van der Waals surface area (Å²) in [6, 6.07) is 14.4. The van der Waals surface area contributed by atoms with E-state index in [1.54, 1.807) is 30.0 Å². The molecule has 0 unspecified atom stereocenters. The zero-order valence-electron chi connectivity index (χ0n) is 18.3. The van der Waals surface area contributed by atoms with Gasteiger partial charge in [0.1, 0.15) is 11.6 Å². The molecule has 1 N–H and O–H groups in total. The molecule has 0 aliphatic rings. The minimum atomic E-state index is -0.233. The summed E-state index contributed by atoms with van der Waals surface area (Å²) in [4.78, 5) is 12.5. The molecule has 0 aliphatic carbocycles. The number of nitrogens with zero attached hydrogens (tertiary/aromatic N) is 3. The molecule has 3 rings (SSSR count). The number of carbonyl (C=O) groups excluding carboxylic acids is 1. The lowest BCUT2D eigenvalue weighted by Crippen LogP contribution is -2.16. The number of thioether (sulfide) groups is 2. The highest BCUT2D eigenvalue weighted by Crippen LogP contribution is 2.25. The molecule has 0 saturated carbocycles. The summed E-state index contributed by atoms with van der Waals surface area (Å²) < 4.78 is 15.0. The van der Waals surface area contributed by atoms with Crippen molar-refractivity contribution in [3.63, 3.8) is 0 Å². The molecule has 0 fully saturated rings. The first kappa shape index (κ1) is 24.1. The summed E-state index contributed by atoms with van der Waals surface area (Å²) >= 11 is 3.04. The lowest BCUT2D eigenvalue weighted by atomic mass is 10.0. The number of hydrogen-bond donors (Lipinski definition) is 1. The van der Waals surface area contributed by atoms with E-state index in [0.717, 1.165) is 28.4 Å². The van der Waals surface area contributed by atoms with E-state index in [0.29, 0.717) is 23.4 Å². The van der Waals surface area contributed by atoms with Crippen molar-refractivity contribution in [2.75, 3.05) is 11.1 Å². The molecule has 0 bridgehead atoms. The van der Waals surface area contributed by atoms with E-state index in [-0.39, 0.29) is 17.5 Å². The highest BCUT2D eigenvalue weighted by molar-refractivity contribution is 7.99. The predicted molar refractivity (Wildman–Crippen MR) is 132 cm³/mol. The maximum Gasteiger partial charge on any atom is 0.234 e. The highest BCUT2D eigenvalue weighted by Gasteiger charge is 2.15. The molecule has 5 nitrogen and oxygen atoms in total. The Morgan fingerprint density at radius 2 is 1.91 bits per heavy atom. The Bertz CT molecular complexity index is 1050. The third kappa shape index (κ3) is 6.71. The summed E-state index contributed by atoms with van der Waals surface area (Å²) in [6.45, 7) is 8.60. The maximum atomic E-state index is 13.1. The normalized spacial score (nSPS) is 11.0. The van der Waals surface area contributed by atoms with Crippen LogP contribution >= 0.6 is 23.5 Å². The fourth-order valence-corrected chi connectivity index (χ4v) is 4.81. The van der Waals surface area contributed by atoms with Crippen molar-refractivity contribution in [3.8, 4) is 0 Å². The first-order chi connectivity index (χ1) is 15.5. The molecule has 0 spiro atoms. The maximum absolute atomic E-state index is 13.1. The van der Waals surface area contributed by atoms with Crippen LogP contribution in [0.1, 0.15) is 36.7 Å². The van der Waals surface area contributed by atoms with Crippen molar-refractivity contribution < 1.29 is 9.18 Å². The van der Waals surface area contributed by atoms with Gasteiger partial charge in [-0.1, -0.05) is 62.0 Å². The second kappa shape index (κ2) is 11.9. The molecule has 1 amide bonds. The van der Waals surface area contributed by atoms with Gasteiger partial charge in [-0.3, -0.25) is 4.79 Å². The van der Waals surface area contributed by atoms with Crippen molar-refractivity contribution in [3.05, 3.63) is 84.0 Å². The fourth-order valence-electron chi connectivity index (χ4n) is 3.12. The number of nitrogens with one attached hydrogen (secondary N) is 1. The van der Waals surface area contributed by atoms with Crippen LogP contribution in [0.2, 0.25) is 0 Å². The first-order valence-corrected chi connectivity index (χ1v) is 12.5. The van der Waals surface area contributed by atoms with Gasteiger partial charge in [-0.05, 0) is 35.2 Å². The standard InChI is InChI=1S/C24H27FN4OS2/c1-4-13-29-22(15-31-14-18-9-11-19(25)12-10-18)27-28-24(29)32-16-23(30)26-21-8-6-5-7-20(21)17(2)3/h4-12,17H,1,13-16H2,2-3H3,(H,26,30). The van der Waals surface area contributed by atoms with Crippen LogP contribution in [0.3, 0.4) is 0 Å². The number of allylic oxidation sites excluding steroid dienone is 1. The number of amides is 1. The predicted octanol–water partition coefficient (Wildman–Crippen LogP) is 5.89. The van der Waals surface area contributed by atoms with Gasteiger partial charge in [0.15, 0.2) is 5.16 Å². The van der Waals surface area contributed by atoms with Gasteiger partial charge in [0.25, 0.3) is 0 Å². The average molecular weight is 471 g/mol. The molecular weight excluding hydrogens is 443 g/mol. The Morgan fingerprint density at radius 1 is 1.16 bits per heavy atom. The first-order valence-electron chi connectivity index (χ1n) is 10.3. The van der Waals surface area contributed by atoms with Gasteiger partial charge in [0, 0.05) is 18.0 Å². The lowest BCUT2D eigenvalue weighted by Gasteiger charge is -2.13. The van der Waals surface area contributed by atoms with Gasteiger partial charge >= 0.3 is 0 Å².